The molecule has 0 radical (unpaired) electrons. The van der Waals surface area contributed by atoms with Crippen molar-refractivity contribution in [1.82, 2.24) is 0 Å². The van der Waals surface area contributed by atoms with Crippen LogP contribution >= 0.6 is 0 Å². The van der Waals surface area contributed by atoms with Crippen molar-refractivity contribution in [3.05, 3.63) is 29.3 Å². The van der Waals surface area contributed by atoms with Crippen LogP contribution in [0.25, 0.3) is 5.57 Å². The van der Waals surface area contributed by atoms with Gasteiger partial charge in [0.15, 0.2) is 6.79 Å². The van der Waals surface area contributed by atoms with E-state index >= 15 is 0 Å². The number of hydrogen-bond donors (Lipinski definition) is 1. The van der Waals surface area contributed by atoms with Crippen LogP contribution in [0.3, 0.4) is 0 Å². The second kappa shape index (κ2) is 7.03. The minimum Gasteiger partial charge on any atom is -0.496 e. The summed E-state index contributed by atoms with van der Waals surface area (Å²) in [5.74, 6) is 1.51. The number of aryl methyl sites for hydroxylation is 1. The Hall–Kier alpha value is -1.52. The molecule has 0 fully saturated rings. The van der Waals surface area contributed by atoms with Gasteiger partial charge in [0.25, 0.3) is 0 Å². The second-order valence-corrected chi connectivity index (χ2v) is 3.94. The maximum absolute atomic E-state index is 8.97. The fourth-order valence-corrected chi connectivity index (χ4v) is 1.68. The standard InChI is InChI=1S/C14H20O4/c1-10(5-6-15)12-8-13(17-4)11(2)7-14(12)18-9-16-3/h5,7-8,15H,6,9H2,1-4H3/b10-5+. The first-order valence-electron chi connectivity index (χ1n) is 5.72. The third-order valence-corrected chi connectivity index (χ3v) is 2.65. The summed E-state index contributed by atoms with van der Waals surface area (Å²) >= 11 is 0. The summed E-state index contributed by atoms with van der Waals surface area (Å²) < 4.78 is 15.7. The number of aliphatic hydroxyl groups is 1. The summed E-state index contributed by atoms with van der Waals surface area (Å²) in [6.07, 6.45) is 1.73. The SMILES string of the molecule is COCOc1cc(C)c(OC)cc1/C(C)=C/CO. The van der Waals surface area contributed by atoms with Crippen LogP contribution in [0.2, 0.25) is 0 Å². The normalized spacial score (nSPS) is 11.5. The maximum atomic E-state index is 8.97. The van der Waals surface area contributed by atoms with Crippen LogP contribution in [0, 0.1) is 6.92 Å². The zero-order valence-corrected chi connectivity index (χ0v) is 11.3. The molecule has 0 aliphatic carbocycles. The molecule has 0 heterocycles. The molecule has 4 nitrogen and oxygen atoms in total. The molecule has 1 rings (SSSR count). The Kier molecular flexibility index (Phi) is 5.68. The Labute approximate surface area is 108 Å². The molecule has 18 heavy (non-hydrogen) atoms. The van der Waals surface area contributed by atoms with Crippen LogP contribution in [0.15, 0.2) is 18.2 Å². The van der Waals surface area contributed by atoms with Crippen molar-refractivity contribution in [3.63, 3.8) is 0 Å². The third kappa shape index (κ3) is 3.48. The number of rotatable bonds is 6. The van der Waals surface area contributed by atoms with Crippen molar-refractivity contribution < 1.29 is 19.3 Å². The molecule has 1 N–H and O–H groups in total. The minimum absolute atomic E-state index is 0.00819. The Bertz CT molecular complexity index is 424. The molecule has 0 aliphatic heterocycles. The van der Waals surface area contributed by atoms with Gasteiger partial charge in [0.1, 0.15) is 11.5 Å². The van der Waals surface area contributed by atoms with E-state index in [1.807, 2.05) is 26.0 Å². The molecule has 0 saturated heterocycles. The van der Waals surface area contributed by atoms with Gasteiger partial charge in [0.05, 0.1) is 13.7 Å². The van der Waals surface area contributed by atoms with Crippen molar-refractivity contribution in [3.8, 4) is 11.5 Å². The smallest absolute Gasteiger partial charge is 0.188 e. The van der Waals surface area contributed by atoms with E-state index in [1.165, 1.54) is 0 Å². The summed E-state index contributed by atoms with van der Waals surface area (Å²) in [6, 6.07) is 3.81. The van der Waals surface area contributed by atoms with Gasteiger partial charge in [-0.15, -0.1) is 0 Å². The van der Waals surface area contributed by atoms with Gasteiger partial charge >= 0.3 is 0 Å². The molecule has 0 spiro atoms. The number of benzene rings is 1. The molecular formula is C14H20O4. The van der Waals surface area contributed by atoms with Gasteiger partial charge in [-0.05, 0) is 37.1 Å². The first kappa shape index (κ1) is 14.5. The van der Waals surface area contributed by atoms with E-state index in [0.717, 1.165) is 28.2 Å². The summed E-state index contributed by atoms with van der Waals surface area (Å²) in [6.45, 7) is 4.05. The Balaban J connectivity index is 3.21. The molecule has 0 atom stereocenters. The van der Waals surface area contributed by atoms with Gasteiger partial charge in [-0.25, -0.2) is 0 Å². The molecule has 0 aliphatic rings. The average Bonchev–Trinajstić information content (AvgIpc) is 2.36. The quantitative estimate of drug-likeness (QED) is 0.790. The van der Waals surface area contributed by atoms with Gasteiger partial charge in [-0.2, -0.15) is 0 Å². The lowest BCUT2D eigenvalue weighted by molar-refractivity contribution is 0.0508. The lowest BCUT2D eigenvalue weighted by atomic mass is 10.0. The number of methoxy groups -OCH3 is 2. The van der Waals surface area contributed by atoms with Gasteiger partial charge in [0.2, 0.25) is 0 Å². The van der Waals surface area contributed by atoms with Crippen LogP contribution < -0.4 is 9.47 Å². The van der Waals surface area contributed by atoms with E-state index in [4.69, 9.17) is 19.3 Å². The predicted octanol–water partition coefficient (Wildman–Crippen LogP) is 2.38. The second-order valence-electron chi connectivity index (χ2n) is 3.94. The van der Waals surface area contributed by atoms with Crippen molar-refractivity contribution >= 4 is 5.57 Å². The first-order valence-corrected chi connectivity index (χ1v) is 5.72. The van der Waals surface area contributed by atoms with Crippen molar-refractivity contribution in [2.75, 3.05) is 27.6 Å². The van der Waals surface area contributed by atoms with Crippen molar-refractivity contribution in [2.24, 2.45) is 0 Å². The van der Waals surface area contributed by atoms with E-state index in [0.29, 0.717) is 0 Å². The minimum atomic E-state index is -0.00819. The van der Waals surface area contributed by atoms with Crippen molar-refractivity contribution in [2.45, 2.75) is 13.8 Å². The van der Waals surface area contributed by atoms with Gasteiger partial charge in [-0.3, -0.25) is 0 Å². The molecule has 0 amide bonds. The van der Waals surface area contributed by atoms with Crippen LogP contribution in [0.1, 0.15) is 18.1 Å². The highest BCUT2D eigenvalue weighted by atomic mass is 16.7. The predicted molar refractivity (Wildman–Crippen MR) is 71.0 cm³/mol. The molecule has 1 aromatic carbocycles. The Morgan fingerprint density at radius 3 is 2.56 bits per heavy atom. The molecule has 4 heteroatoms. The fourth-order valence-electron chi connectivity index (χ4n) is 1.68. The molecule has 1 aromatic rings. The topological polar surface area (TPSA) is 47.9 Å². The Morgan fingerprint density at radius 2 is 2.00 bits per heavy atom. The zero-order valence-electron chi connectivity index (χ0n) is 11.3. The summed E-state index contributed by atoms with van der Waals surface area (Å²) in [7, 11) is 3.21. The zero-order chi connectivity index (χ0) is 13.5. The summed E-state index contributed by atoms with van der Waals surface area (Å²) in [4.78, 5) is 0. The number of ether oxygens (including phenoxy) is 3. The lowest BCUT2D eigenvalue weighted by Gasteiger charge is -2.15. The highest BCUT2D eigenvalue weighted by Crippen LogP contribution is 2.33. The number of allylic oxidation sites excluding steroid dienone is 1. The summed E-state index contributed by atoms with van der Waals surface area (Å²) in [5, 5.41) is 8.97. The third-order valence-electron chi connectivity index (χ3n) is 2.65. The van der Waals surface area contributed by atoms with E-state index < -0.39 is 0 Å². The highest BCUT2D eigenvalue weighted by Gasteiger charge is 2.10. The largest absolute Gasteiger partial charge is 0.496 e. The van der Waals surface area contributed by atoms with Gasteiger partial charge in [-0.1, -0.05) is 6.08 Å². The number of aliphatic hydroxyl groups excluding tert-OH is 1. The molecule has 0 unspecified atom stereocenters. The first-order chi connectivity index (χ1) is 8.63. The highest BCUT2D eigenvalue weighted by molar-refractivity contribution is 5.71. The average molecular weight is 252 g/mol. The van der Waals surface area contributed by atoms with Crippen LogP contribution in [-0.2, 0) is 4.74 Å². The van der Waals surface area contributed by atoms with Crippen LogP contribution in [-0.4, -0.2) is 32.7 Å². The molecular weight excluding hydrogens is 232 g/mol. The lowest BCUT2D eigenvalue weighted by Crippen LogP contribution is -2.02. The molecule has 0 saturated carbocycles. The van der Waals surface area contributed by atoms with Gasteiger partial charge in [0, 0.05) is 12.7 Å². The van der Waals surface area contributed by atoms with Crippen LogP contribution in [0.5, 0.6) is 11.5 Å². The van der Waals surface area contributed by atoms with E-state index in [2.05, 4.69) is 0 Å². The summed E-state index contributed by atoms with van der Waals surface area (Å²) in [5.41, 5.74) is 2.81. The molecule has 0 aromatic heterocycles. The molecule has 0 bridgehead atoms. The Morgan fingerprint density at radius 1 is 1.28 bits per heavy atom. The monoisotopic (exact) mass is 252 g/mol. The van der Waals surface area contributed by atoms with E-state index in [-0.39, 0.29) is 13.4 Å². The number of hydrogen-bond acceptors (Lipinski definition) is 4. The fraction of sp³-hybridized carbons (Fsp3) is 0.429. The molecule has 100 valence electrons. The van der Waals surface area contributed by atoms with Crippen LogP contribution in [0.4, 0.5) is 0 Å². The van der Waals surface area contributed by atoms with E-state index in [1.54, 1.807) is 20.3 Å². The van der Waals surface area contributed by atoms with E-state index in [9.17, 15) is 0 Å². The maximum Gasteiger partial charge on any atom is 0.188 e. The van der Waals surface area contributed by atoms with Gasteiger partial charge < -0.3 is 19.3 Å². The van der Waals surface area contributed by atoms with Crippen molar-refractivity contribution in [1.29, 1.82) is 0 Å².